The quantitative estimate of drug-likeness (QED) is 0.787. The van der Waals surface area contributed by atoms with Gasteiger partial charge in [0.1, 0.15) is 4.88 Å². The first kappa shape index (κ1) is 14.7. The minimum absolute atomic E-state index is 0.0527. The molecule has 0 saturated heterocycles. The van der Waals surface area contributed by atoms with Gasteiger partial charge >= 0.3 is 0 Å². The number of aryl methyl sites for hydroxylation is 2. The lowest BCUT2D eigenvalue weighted by Crippen LogP contribution is -2.22. The minimum atomic E-state index is -0.0527. The van der Waals surface area contributed by atoms with Crippen molar-refractivity contribution in [3.05, 3.63) is 52.0 Å². The van der Waals surface area contributed by atoms with E-state index in [1.54, 1.807) is 12.5 Å². The predicted octanol–water partition coefficient (Wildman–Crippen LogP) is 2.98. The van der Waals surface area contributed by atoms with Gasteiger partial charge in [0.15, 0.2) is 0 Å². The van der Waals surface area contributed by atoms with Gasteiger partial charge < -0.3 is 9.72 Å². The van der Waals surface area contributed by atoms with Crippen molar-refractivity contribution in [2.24, 2.45) is 0 Å². The van der Waals surface area contributed by atoms with Crippen molar-refractivity contribution in [1.82, 2.24) is 19.7 Å². The first-order chi connectivity index (χ1) is 10.7. The number of amides is 1. The van der Waals surface area contributed by atoms with Gasteiger partial charge in [-0.15, -0.1) is 11.3 Å². The Labute approximate surface area is 133 Å². The molecule has 0 fully saturated rings. The first-order valence-corrected chi connectivity index (χ1v) is 8.14. The Bertz CT molecular complexity index is 805. The fourth-order valence-corrected chi connectivity index (χ4v) is 3.40. The average Bonchev–Trinajstić information content (AvgIpc) is 3.11. The molecule has 3 heterocycles. The lowest BCUT2D eigenvalue weighted by Gasteiger charge is -2.05. The van der Waals surface area contributed by atoms with Crippen LogP contribution in [0, 0.1) is 6.92 Å². The summed E-state index contributed by atoms with van der Waals surface area (Å²) in [5.41, 5.74) is 2.89. The number of carbonyl (C=O) groups is 1. The molecule has 0 unspecified atom stereocenters. The fourth-order valence-electron chi connectivity index (χ4n) is 2.32. The number of nitrogens with zero attached hydrogens (tertiary/aromatic N) is 3. The standard InChI is InChI=1S/C16H18N4OS/c1-3-4-14-19-11(2)15(22-14)16(21)18-7-12-5-6-13-8-17-10-20(13)9-12/h5-6,8-10H,3-4,7H2,1-2H3,(H,18,21). The smallest absolute Gasteiger partial charge is 0.263 e. The van der Waals surface area contributed by atoms with Crippen LogP contribution in [0.15, 0.2) is 30.9 Å². The molecule has 1 amide bonds. The van der Waals surface area contributed by atoms with Crippen LogP contribution >= 0.6 is 11.3 Å². The largest absolute Gasteiger partial charge is 0.347 e. The third kappa shape index (κ3) is 3.01. The fraction of sp³-hybridized carbons (Fsp3) is 0.312. The lowest BCUT2D eigenvalue weighted by atomic mass is 10.2. The van der Waals surface area contributed by atoms with Crippen molar-refractivity contribution in [1.29, 1.82) is 0 Å². The third-order valence-electron chi connectivity index (χ3n) is 3.43. The van der Waals surface area contributed by atoms with Crippen LogP contribution in [0.4, 0.5) is 0 Å². The molecular weight excluding hydrogens is 296 g/mol. The van der Waals surface area contributed by atoms with E-state index in [-0.39, 0.29) is 5.91 Å². The highest BCUT2D eigenvalue weighted by molar-refractivity contribution is 7.13. The second-order valence-electron chi connectivity index (χ2n) is 5.22. The van der Waals surface area contributed by atoms with Gasteiger partial charge in [-0.05, 0) is 31.4 Å². The van der Waals surface area contributed by atoms with Crippen molar-refractivity contribution < 1.29 is 4.79 Å². The summed E-state index contributed by atoms with van der Waals surface area (Å²) in [5, 5.41) is 4.00. The summed E-state index contributed by atoms with van der Waals surface area (Å²) in [6.07, 6.45) is 7.50. The van der Waals surface area contributed by atoms with Gasteiger partial charge in [-0.3, -0.25) is 4.79 Å². The molecule has 0 radical (unpaired) electrons. The molecule has 0 saturated carbocycles. The molecule has 1 N–H and O–H groups in total. The Balaban J connectivity index is 1.68. The van der Waals surface area contributed by atoms with Crippen molar-refractivity contribution in [2.75, 3.05) is 0 Å². The van der Waals surface area contributed by atoms with Crippen LogP contribution in [0.25, 0.3) is 5.52 Å². The number of fused-ring (bicyclic) bond motifs is 1. The number of hydrogen-bond acceptors (Lipinski definition) is 4. The Morgan fingerprint density at radius 3 is 3.09 bits per heavy atom. The van der Waals surface area contributed by atoms with Gasteiger partial charge in [-0.2, -0.15) is 0 Å². The molecule has 0 aliphatic heterocycles. The zero-order valence-corrected chi connectivity index (χ0v) is 13.5. The van der Waals surface area contributed by atoms with Crippen molar-refractivity contribution in [3.63, 3.8) is 0 Å². The summed E-state index contributed by atoms with van der Waals surface area (Å²) >= 11 is 1.49. The monoisotopic (exact) mass is 314 g/mol. The van der Waals surface area contributed by atoms with Crippen LogP contribution in [0.3, 0.4) is 0 Å². The Kier molecular flexibility index (Phi) is 4.20. The summed E-state index contributed by atoms with van der Waals surface area (Å²) < 4.78 is 1.94. The molecule has 0 atom stereocenters. The Morgan fingerprint density at radius 1 is 1.41 bits per heavy atom. The van der Waals surface area contributed by atoms with Crippen molar-refractivity contribution in [2.45, 2.75) is 33.2 Å². The molecule has 5 nitrogen and oxygen atoms in total. The molecule has 0 aliphatic carbocycles. The van der Waals surface area contributed by atoms with E-state index in [1.165, 1.54) is 11.3 Å². The first-order valence-electron chi connectivity index (χ1n) is 7.32. The zero-order chi connectivity index (χ0) is 15.5. The maximum atomic E-state index is 12.3. The number of rotatable bonds is 5. The van der Waals surface area contributed by atoms with E-state index in [4.69, 9.17) is 0 Å². The lowest BCUT2D eigenvalue weighted by molar-refractivity contribution is 0.0954. The second kappa shape index (κ2) is 6.27. The molecule has 0 bridgehead atoms. The summed E-state index contributed by atoms with van der Waals surface area (Å²) in [5.74, 6) is -0.0527. The molecule has 0 aliphatic rings. The van der Waals surface area contributed by atoms with Crippen molar-refractivity contribution >= 4 is 22.8 Å². The van der Waals surface area contributed by atoms with E-state index in [0.29, 0.717) is 11.4 Å². The predicted molar refractivity (Wildman–Crippen MR) is 87.2 cm³/mol. The zero-order valence-electron chi connectivity index (χ0n) is 12.7. The molecule has 6 heteroatoms. The molecule has 0 spiro atoms. The molecule has 3 aromatic heterocycles. The van der Waals surface area contributed by atoms with Gasteiger partial charge in [-0.25, -0.2) is 9.97 Å². The van der Waals surface area contributed by atoms with E-state index in [0.717, 1.165) is 34.6 Å². The molecule has 3 rings (SSSR count). The van der Waals surface area contributed by atoms with Gasteiger partial charge in [-0.1, -0.05) is 13.0 Å². The molecule has 114 valence electrons. The van der Waals surface area contributed by atoms with Gasteiger partial charge in [0.25, 0.3) is 5.91 Å². The van der Waals surface area contributed by atoms with Gasteiger partial charge in [0.2, 0.25) is 0 Å². The van der Waals surface area contributed by atoms with Crippen LogP contribution in [0.5, 0.6) is 0 Å². The van der Waals surface area contributed by atoms with E-state index in [2.05, 4.69) is 22.2 Å². The second-order valence-corrected chi connectivity index (χ2v) is 6.30. The van der Waals surface area contributed by atoms with E-state index >= 15 is 0 Å². The van der Waals surface area contributed by atoms with E-state index < -0.39 is 0 Å². The molecular formula is C16H18N4OS. The topological polar surface area (TPSA) is 59.3 Å². The maximum absolute atomic E-state index is 12.3. The molecule has 0 aromatic carbocycles. The minimum Gasteiger partial charge on any atom is -0.347 e. The third-order valence-corrected chi connectivity index (χ3v) is 4.65. The summed E-state index contributed by atoms with van der Waals surface area (Å²) in [4.78, 5) is 21.6. The van der Waals surface area contributed by atoms with Crippen LogP contribution in [0.1, 0.15) is 39.3 Å². The molecule has 22 heavy (non-hydrogen) atoms. The highest BCUT2D eigenvalue weighted by Gasteiger charge is 2.14. The Morgan fingerprint density at radius 2 is 2.27 bits per heavy atom. The maximum Gasteiger partial charge on any atom is 0.263 e. The number of aromatic nitrogens is 3. The van der Waals surface area contributed by atoms with Crippen LogP contribution in [0.2, 0.25) is 0 Å². The number of hydrogen-bond donors (Lipinski definition) is 1. The van der Waals surface area contributed by atoms with Crippen LogP contribution < -0.4 is 5.32 Å². The number of imidazole rings is 1. The number of carbonyl (C=O) groups excluding carboxylic acids is 1. The highest BCUT2D eigenvalue weighted by atomic mass is 32.1. The number of thiazole rings is 1. The summed E-state index contributed by atoms with van der Waals surface area (Å²) in [7, 11) is 0. The van der Waals surface area contributed by atoms with Gasteiger partial charge in [0, 0.05) is 12.7 Å². The Hall–Kier alpha value is -2.21. The molecule has 3 aromatic rings. The van der Waals surface area contributed by atoms with E-state index in [1.807, 2.05) is 29.7 Å². The van der Waals surface area contributed by atoms with Crippen molar-refractivity contribution in [3.8, 4) is 0 Å². The van der Waals surface area contributed by atoms with Crippen LogP contribution in [-0.4, -0.2) is 20.3 Å². The number of pyridine rings is 1. The SMILES string of the molecule is CCCc1nc(C)c(C(=O)NCc2ccc3cncn3c2)s1. The van der Waals surface area contributed by atoms with E-state index in [9.17, 15) is 4.79 Å². The summed E-state index contributed by atoms with van der Waals surface area (Å²) in [6.45, 7) is 4.50. The highest BCUT2D eigenvalue weighted by Crippen LogP contribution is 2.19. The van der Waals surface area contributed by atoms with Crippen LogP contribution in [-0.2, 0) is 13.0 Å². The normalized spacial score (nSPS) is 11.0. The van der Waals surface area contributed by atoms with Gasteiger partial charge in [0.05, 0.1) is 28.7 Å². The average molecular weight is 314 g/mol. The number of nitrogens with one attached hydrogen (secondary N) is 1. The summed E-state index contributed by atoms with van der Waals surface area (Å²) in [6, 6.07) is 3.99.